The van der Waals surface area contributed by atoms with Gasteiger partial charge in [0.25, 0.3) is 0 Å². The Balaban J connectivity index is 0.000000172. The summed E-state index contributed by atoms with van der Waals surface area (Å²) < 4.78 is 4.15. The van der Waals surface area contributed by atoms with Crippen LogP contribution in [-0.2, 0) is 17.6 Å². The fraction of sp³-hybridized carbons (Fsp3) is 0.0645. The molecule has 10 rings (SSSR count). The van der Waals surface area contributed by atoms with Crippen molar-refractivity contribution in [1.82, 2.24) is 19.6 Å². The summed E-state index contributed by atoms with van der Waals surface area (Å²) in [5.74, 6) is -0.966. The third-order valence-corrected chi connectivity index (χ3v) is 12.1. The minimum absolute atomic E-state index is 0.661. The SMILES string of the molecule is CCc1c(-c2ccccc2)c(-c2ccccc2)nn1-c1ccccc1-c1cccc(/C=C/C(=O)O)c1.CCc1c(-c2ccccc2)c(-c2ccccc2)nn1-c1ccccc1-c1cccc(C=O)c1. The minimum atomic E-state index is -0.966. The summed E-state index contributed by atoms with van der Waals surface area (Å²) in [6.45, 7) is 4.33. The van der Waals surface area contributed by atoms with Gasteiger partial charge in [-0.1, -0.05) is 208 Å². The number of carbonyl (C=O) groups excluding carboxylic acids is 1. The number of rotatable bonds is 13. The summed E-state index contributed by atoms with van der Waals surface area (Å²) in [5.41, 5.74) is 18.5. The van der Waals surface area contributed by atoms with Crippen LogP contribution < -0.4 is 0 Å². The van der Waals surface area contributed by atoms with Crippen molar-refractivity contribution in [3.63, 3.8) is 0 Å². The number of carboxylic acids is 1. The molecule has 7 nitrogen and oxygen atoms in total. The maximum Gasteiger partial charge on any atom is 0.328 e. The Morgan fingerprint density at radius 2 is 0.812 bits per heavy atom. The highest BCUT2D eigenvalue weighted by Gasteiger charge is 2.24. The van der Waals surface area contributed by atoms with E-state index in [1.807, 2.05) is 121 Å². The molecule has 0 aliphatic rings. The largest absolute Gasteiger partial charge is 0.478 e. The molecular weight excluding hydrogens is 849 g/mol. The Kier molecular flexibility index (Phi) is 13.9. The van der Waals surface area contributed by atoms with Crippen LogP contribution in [0.5, 0.6) is 0 Å². The molecule has 0 atom stereocenters. The Bertz CT molecular complexity index is 3390. The normalized spacial score (nSPS) is 11.0. The number of hydrogen-bond donors (Lipinski definition) is 1. The van der Waals surface area contributed by atoms with Gasteiger partial charge in [0, 0.05) is 45.0 Å². The summed E-state index contributed by atoms with van der Waals surface area (Å²) >= 11 is 0. The van der Waals surface area contributed by atoms with Crippen LogP contribution in [0.25, 0.3) is 84.5 Å². The molecule has 2 heterocycles. The van der Waals surface area contributed by atoms with E-state index in [4.69, 9.17) is 15.3 Å². The van der Waals surface area contributed by atoms with Gasteiger partial charge >= 0.3 is 5.97 Å². The number of aromatic nitrogens is 4. The molecule has 0 bridgehead atoms. The first-order valence-corrected chi connectivity index (χ1v) is 23.2. The molecule has 1 N–H and O–H groups in total. The lowest BCUT2D eigenvalue weighted by atomic mass is 9.97. The molecule has 7 heteroatoms. The summed E-state index contributed by atoms with van der Waals surface area (Å²) in [5, 5.41) is 19.4. The van der Waals surface area contributed by atoms with E-state index in [1.54, 1.807) is 6.08 Å². The molecular formula is C62H50N4O3. The van der Waals surface area contributed by atoms with Crippen LogP contribution >= 0.6 is 0 Å². The zero-order valence-electron chi connectivity index (χ0n) is 38.5. The zero-order valence-corrected chi connectivity index (χ0v) is 38.5. The Hall–Kier alpha value is -8.94. The standard InChI is InChI=1S/C32H26N2O2.C30H24N2O/c1-2-28-31(24-13-5-3-6-14-24)32(25-15-7-4-8-16-25)33-34(28)29-19-10-9-18-27(29)26-17-11-12-23(22-26)20-21-30(35)36;1-2-27-29(23-13-5-3-6-14-23)30(24-15-7-4-8-16-24)31-32(27)28-19-10-9-18-26(28)25-17-11-12-22(20-25)21-33/h3-22H,2H2,1H3,(H,35,36);3-21H,2H2,1H3/b21-20+;. The molecule has 8 aromatic carbocycles. The highest BCUT2D eigenvalue weighted by molar-refractivity contribution is 5.88. The van der Waals surface area contributed by atoms with Crippen molar-refractivity contribution >= 4 is 18.3 Å². The summed E-state index contributed by atoms with van der Waals surface area (Å²) in [6.07, 6.45) is 5.29. The third kappa shape index (κ3) is 9.80. The van der Waals surface area contributed by atoms with E-state index < -0.39 is 5.97 Å². The Morgan fingerprint density at radius 1 is 0.449 bits per heavy atom. The maximum absolute atomic E-state index is 11.4. The van der Waals surface area contributed by atoms with Crippen molar-refractivity contribution < 1.29 is 14.7 Å². The van der Waals surface area contributed by atoms with Crippen molar-refractivity contribution in [3.05, 3.63) is 247 Å². The van der Waals surface area contributed by atoms with Crippen molar-refractivity contribution in [2.75, 3.05) is 0 Å². The summed E-state index contributed by atoms with van der Waals surface area (Å²) in [4.78, 5) is 22.4. The lowest BCUT2D eigenvalue weighted by Gasteiger charge is -2.14. The van der Waals surface area contributed by atoms with Gasteiger partial charge in [-0.3, -0.25) is 4.79 Å². The molecule has 0 fully saturated rings. The van der Waals surface area contributed by atoms with Gasteiger partial charge in [-0.2, -0.15) is 10.2 Å². The van der Waals surface area contributed by atoms with Crippen molar-refractivity contribution in [1.29, 1.82) is 0 Å². The van der Waals surface area contributed by atoms with E-state index in [1.165, 1.54) is 0 Å². The molecule has 10 aromatic rings. The number of para-hydroxylation sites is 2. The van der Waals surface area contributed by atoms with E-state index in [0.29, 0.717) is 5.56 Å². The molecule has 2 aromatic heterocycles. The lowest BCUT2D eigenvalue weighted by molar-refractivity contribution is -0.131. The van der Waals surface area contributed by atoms with E-state index >= 15 is 0 Å². The molecule has 336 valence electrons. The molecule has 0 saturated carbocycles. The highest BCUT2D eigenvalue weighted by Crippen LogP contribution is 2.40. The first-order valence-electron chi connectivity index (χ1n) is 23.2. The fourth-order valence-electron chi connectivity index (χ4n) is 8.93. The molecule has 0 amide bonds. The van der Waals surface area contributed by atoms with Gasteiger partial charge in [0.05, 0.1) is 22.8 Å². The van der Waals surface area contributed by atoms with Crippen molar-refractivity contribution in [2.45, 2.75) is 26.7 Å². The fourth-order valence-corrected chi connectivity index (χ4v) is 8.93. The first kappa shape index (κ1) is 45.2. The van der Waals surface area contributed by atoms with Gasteiger partial charge < -0.3 is 5.11 Å². The van der Waals surface area contributed by atoms with Crippen LogP contribution in [0.4, 0.5) is 0 Å². The average molecular weight is 899 g/mol. The Morgan fingerprint density at radius 3 is 1.22 bits per heavy atom. The van der Waals surface area contributed by atoms with Crippen molar-refractivity contribution in [3.8, 4) is 78.4 Å². The van der Waals surface area contributed by atoms with Crippen LogP contribution in [0, 0.1) is 0 Å². The van der Waals surface area contributed by atoms with Crippen LogP contribution in [0.1, 0.15) is 41.2 Å². The lowest BCUT2D eigenvalue weighted by Crippen LogP contribution is -2.04. The van der Waals surface area contributed by atoms with Gasteiger partial charge in [-0.25, -0.2) is 14.2 Å². The van der Waals surface area contributed by atoms with Gasteiger partial charge in [0.2, 0.25) is 0 Å². The summed E-state index contributed by atoms with van der Waals surface area (Å²) in [7, 11) is 0. The van der Waals surface area contributed by atoms with E-state index in [-0.39, 0.29) is 0 Å². The predicted octanol–water partition coefficient (Wildman–Crippen LogP) is 14.8. The number of benzene rings is 8. The molecule has 0 radical (unpaired) electrons. The summed E-state index contributed by atoms with van der Waals surface area (Å²) in [6, 6.07) is 73.6. The second kappa shape index (κ2) is 21.1. The Labute approximate surface area is 403 Å². The van der Waals surface area contributed by atoms with E-state index in [2.05, 4.69) is 120 Å². The number of carbonyl (C=O) groups is 2. The van der Waals surface area contributed by atoms with E-state index in [0.717, 1.165) is 121 Å². The topological polar surface area (TPSA) is 90.0 Å². The molecule has 0 aliphatic heterocycles. The number of nitrogens with zero attached hydrogens (tertiary/aromatic N) is 4. The highest BCUT2D eigenvalue weighted by atomic mass is 16.4. The van der Waals surface area contributed by atoms with Gasteiger partial charge in [-0.05, 0) is 71.0 Å². The average Bonchev–Trinajstić information content (AvgIpc) is 4.01. The van der Waals surface area contributed by atoms with E-state index in [9.17, 15) is 9.59 Å². The van der Waals surface area contributed by atoms with Crippen LogP contribution in [0.2, 0.25) is 0 Å². The number of hydrogen-bond acceptors (Lipinski definition) is 4. The smallest absolute Gasteiger partial charge is 0.328 e. The third-order valence-electron chi connectivity index (χ3n) is 12.1. The molecule has 0 spiro atoms. The van der Waals surface area contributed by atoms with Gasteiger partial charge in [0.15, 0.2) is 0 Å². The van der Waals surface area contributed by atoms with Crippen LogP contribution in [-0.4, -0.2) is 36.9 Å². The number of aldehydes is 1. The van der Waals surface area contributed by atoms with Gasteiger partial charge in [-0.15, -0.1) is 0 Å². The van der Waals surface area contributed by atoms with Gasteiger partial charge in [0.1, 0.15) is 17.7 Å². The molecule has 0 saturated heterocycles. The zero-order chi connectivity index (χ0) is 47.5. The first-order chi connectivity index (χ1) is 33.9. The quantitative estimate of drug-likeness (QED) is 0.0919. The second-order valence-corrected chi connectivity index (χ2v) is 16.4. The minimum Gasteiger partial charge on any atom is -0.478 e. The second-order valence-electron chi connectivity index (χ2n) is 16.4. The maximum atomic E-state index is 11.4. The molecule has 0 aliphatic carbocycles. The van der Waals surface area contributed by atoms with Crippen molar-refractivity contribution in [2.24, 2.45) is 0 Å². The van der Waals surface area contributed by atoms with Crippen LogP contribution in [0.3, 0.4) is 0 Å². The predicted molar refractivity (Wildman–Crippen MR) is 281 cm³/mol. The van der Waals surface area contributed by atoms with Crippen LogP contribution in [0.15, 0.2) is 224 Å². The number of aliphatic carboxylic acids is 1. The molecule has 0 unspecified atom stereocenters. The number of carboxylic acid groups (broad SMARTS) is 1. The molecule has 69 heavy (non-hydrogen) atoms. The monoisotopic (exact) mass is 898 g/mol.